The van der Waals surface area contributed by atoms with Crippen molar-refractivity contribution in [1.29, 1.82) is 0 Å². The normalized spacial score (nSPS) is 22.1. The van der Waals surface area contributed by atoms with Gasteiger partial charge >= 0.3 is 0 Å². The van der Waals surface area contributed by atoms with E-state index in [0.717, 1.165) is 19.5 Å². The molecule has 2 N–H and O–H groups in total. The van der Waals surface area contributed by atoms with Crippen molar-refractivity contribution in [2.45, 2.75) is 25.8 Å². The third kappa shape index (κ3) is 1.77. The van der Waals surface area contributed by atoms with Gasteiger partial charge in [0.15, 0.2) is 0 Å². The van der Waals surface area contributed by atoms with Crippen molar-refractivity contribution in [3.05, 3.63) is 16.5 Å². The number of hydrogen-bond donors (Lipinski definition) is 1. The lowest BCUT2D eigenvalue weighted by Gasteiger charge is -2.20. The quantitative estimate of drug-likeness (QED) is 0.734. The zero-order valence-corrected chi connectivity index (χ0v) is 9.72. The van der Waals surface area contributed by atoms with Crippen molar-refractivity contribution >= 4 is 16.3 Å². The molecule has 82 valence electrons. The van der Waals surface area contributed by atoms with Crippen LogP contribution in [0.2, 0.25) is 0 Å². The van der Waals surface area contributed by atoms with E-state index in [1.807, 2.05) is 16.3 Å². The number of nitrogens with zero attached hydrogens (tertiary/aromatic N) is 2. The molecule has 3 heterocycles. The summed E-state index contributed by atoms with van der Waals surface area (Å²) in [5, 5.41) is 3.39. The molecule has 0 aromatic carbocycles. The molecule has 0 spiro atoms. The van der Waals surface area contributed by atoms with Gasteiger partial charge in [-0.2, -0.15) is 0 Å². The Labute approximate surface area is 94.4 Å². The van der Waals surface area contributed by atoms with E-state index < -0.39 is 0 Å². The molecular weight excluding hydrogens is 206 g/mol. The van der Waals surface area contributed by atoms with Crippen molar-refractivity contribution in [3.63, 3.8) is 0 Å². The molecule has 0 unspecified atom stereocenters. The molecular formula is C11H17N3S. The second-order valence-corrected chi connectivity index (χ2v) is 5.56. The molecule has 0 aliphatic carbocycles. The van der Waals surface area contributed by atoms with E-state index in [-0.39, 0.29) is 0 Å². The minimum absolute atomic E-state index is 0.938. The number of rotatable bonds is 1. The highest BCUT2D eigenvalue weighted by molar-refractivity contribution is 7.16. The molecule has 1 aromatic heterocycles. The Hall–Kier alpha value is -0.580. The lowest BCUT2D eigenvalue weighted by Crippen LogP contribution is -2.35. The van der Waals surface area contributed by atoms with Gasteiger partial charge in [0, 0.05) is 31.1 Å². The highest BCUT2D eigenvalue weighted by Crippen LogP contribution is 2.34. The molecule has 3 rings (SSSR count). The molecule has 0 atom stereocenters. The number of thiophene rings is 1. The van der Waals surface area contributed by atoms with Crippen molar-refractivity contribution < 1.29 is 0 Å². The summed E-state index contributed by atoms with van der Waals surface area (Å²) in [5.41, 5.74) is 1.53. The zero-order chi connectivity index (χ0) is 10.3. The Kier molecular flexibility index (Phi) is 2.42. The number of hydrogen-bond acceptors (Lipinski definition) is 4. The van der Waals surface area contributed by atoms with Gasteiger partial charge in [-0.1, -0.05) is 0 Å². The van der Waals surface area contributed by atoms with Crippen LogP contribution in [0.4, 0.5) is 5.00 Å². The third-order valence-corrected chi connectivity index (χ3v) is 4.54. The van der Waals surface area contributed by atoms with Crippen LogP contribution in [0, 0.1) is 0 Å². The minimum Gasteiger partial charge on any atom is -0.363 e. The highest BCUT2D eigenvalue weighted by atomic mass is 32.1. The summed E-state index contributed by atoms with van der Waals surface area (Å²) in [4.78, 5) is 4.00. The summed E-state index contributed by atoms with van der Waals surface area (Å²) in [5.74, 6) is 5.84. The molecule has 1 saturated heterocycles. The smallest absolute Gasteiger partial charge is 0.0914 e. The first kappa shape index (κ1) is 9.63. The summed E-state index contributed by atoms with van der Waals surface area (Å²) < 4.78 is 0. The summed E-state index contributed by atoms with van der Waals surface area (Å²) in [6.07, 6.45) is 3.83. The lowest BCUT2D eigenvalue weighted by atomic mass is 10.1. The van der Waals surface area contributed by atoms with Gasteiger partial charge in [-0.05, 0) is 30.9 Å². The fourth-order valence-electron chi connectivity index (χ4n) is 2.42. The number of fused-ring (bicyclic) bond motifs is 1. The first-order chi connectivity index (χ1) is 7.33. The Bertz CT molecular complexity index is 355. The topological polar surface area (TPSA) is 32.5 Å². The van der Waals surface area contributed by atoms with Crippen LogP contribution in [-0.4, -0.2) is 24.6 Å². The predicted octanol–water partition coefficient (Wildman–Crippen LogP) is 1.58. The maximum atomic E-state index is 5.84. The van der Waals surface area contributed by atoms with Crippen LogP contribution in [0.3, 0.4) is 0 Å². The van der Waals surface area contributed by atoms with Crippen molar-refractivity contribution in [2.75, 3.05) is 24.5 Å². The average molecular weight is 223 g/mol. The molecule has 0 saturated carbocycles. The molecule has 2 aliphatic rings. The molecule has 0 radical (unpaired) electrons. The Morgan fingerprint density at radius 2 is 2.00 bits per heavy atom. The van der Waals surface area contributed by atoms with Crippen LogP contribution < -0.4 is 10.7 Å². The van der Waals surface area contributed by atoms with E-state index in [9.17, 15) is 0 Å². The van der Waals surface area contributed by atoms with E-state index in [0.29, 0.717) is 0 Å². The fourth-order valence-corrected chi connectivity index (χ4v) is 3.70. The zero-order valence-electron chi connectivity index (χ0n) is 8.91. The highest BCUT2D eigenvalue weighted by Gasteiger charge is 2.20. The van der Waals surface area contributed by atoms with Crippen LogP contribution in [-0.2, 0) is 13.0 Å². The largest absolute Gasteiger partial charge is 0.363 e. The van der Waals surface area contributed by atoms with E-state index in [1.165, 1.54) is 41.4 Å². The molecule has 1 fully saturated rings. The van der Waals surface area contributed by atoms with Gasteiger partial charge in [-0.25, -0.2) is 5.01 Å². The van der Waals surface area contributed by atoms with Crippen molar-refractivity contribution in [3.8, 4) is 0 Å². The van der Waals surface area contributed by atoms with E-state index in [2.05, 4.69) is 11.0 Å². The summed E-state index contributed by atoms with van der Waals surface area (Å²) >= 11 is 1.94. The van der Waals surface area contributed by atoms with Crippen LogP contribution in [0.25, 0.3) is 0 Å². The first-order valence-electron chi connectivity index (χ1n) is 5.69. The lowest BCUT2D eigenvalue weighted by molar-refractivity contribution is 0.266. The van der Waals surface area contributed by atoms with E-state index >= 15 is 0 Å². The molecule has 1 aromatic rings. The number of hydrazine groups is 1. The second-order valence-electron chi connectivity index (χ2n) is 4.45. The molecule has 4 heteroatoms. The fraction of sp³-hybridized carbons (Fsp3) is 0.636. The first-order valence-corrected chi connectivity index (χ1v) is 6.51. The molecule has 15 heavy (non-hydrogen) atoms. The summed E-state index contributed by atoms with van der Waals surface area (Å²) in [6.45, 7) is 4.43. The van der Waals surface area contributed by atoms with Crippen LogP contribution >= 0.6 is 11.3 Å². The molecule has 0 amide bonds. The summed E-state index contributed by atoms with van der Waals surface area (Å²) in [6, 6.07) is 2.39. The summed E-state index contributed by atoms with van der Waals surface area (Å²) in [7, 11) is 0. The second kappa shape index (κ2) is 3.77. The Morgan fingerprint density at radius 3 is 2.80 bits per heavy atom. The van der Waals surface area contributed by atoms with Gasteiger partial charge < -0.3 is 4.90 Å². The maximum Gasteiger partial charge on any atom is 0.0914 e. The Balaban J connectivity index is 1.85. The van der Waals surface area contributed by atoms with Gasteiger partial charge in [-0.15, -0.1) is 11.3 Å². The van der Waals surface area contributed by atoms with E-state index in [1.54, 1.807) is 0 Å². The van der Waals surface area contributed by atoms with Gasteiger partial charge in [0.1, 0.15) is 0 Å². The number of nitrogens with two attached hydrogens (primary N) is 1. The number of anilines is 1. The SMILES string of the molecule is NN1CCc2cc(N3CCCC3)sc2C1. The molecule has 2 aliphatic heterocycles. The predicted molar refractivity (Wildman–Crippen MR) is 64.1 cm³/mol. The van der Waals surface area contributed by atoms with Gasteiger partial charge in [0.05, 0.1) is 5.00 Å². The molecule has 3 nitrogen and oxygen atoms in total. The van der Waals surface area contributed by atoms with Crippen LogP contribution in [0.1, 0.15) is 23.3 Å². The van der Waals surface area contributed by atoms with E-state index in [4.69, 9.17) is 5.84 Å². The van der Waals surface area contributed by atoms with Crippen LogP contribution in [0.5, 0.6) is 0 Å². The monoisotopic (exact) mass is 223 g/mol. The van der Waals surface area contributed by atoms with Crippen LogP contribution in [0.15, 0.2) is 6.07 Å². The van der Waals surface area contributed by atoms with Gasteiger partial charge in [0.25, 0.3) is 0 Å². The van der Waals surface area contributed by atoms with Crippen molar-refractivity contribution in [2.24, 2.45) is 5.84 Å². The average Bonchev–Trinajstić information content (AvgIpc) is 2.84. The Morgan fingerprint density at radius 1 is 1.20 bits per heavy atom. The van der Waals surface area contributed by atoms with Gasteiger partial charge in [0.2, 0.25) is 0 Å². The van der Waals surface area contributed by atoms with Crippen molar-refractivity contribution in [1.82, 2.24) is 5.01 Å². The third-order valence-electron chi connectivity index (χ3n) is 3.32. The maximum absolute atomic E-state index is 5.84. The standard InChI is InChI=1S/C11H17N3S/c12-14-6-3-9-7-11(15-10(9)8-14)13-4-1-2-5-13/h7H,1-6,8,12H2. The molecule has 0 bridgehead atoms. The van der Waals surface area contributed by atoms with Gasteiger partial charge in [-0.3, -0.25) is 5.84 Å². The minimum atomic E-state index is 0.938.